The van der Waals surface area contributed by atoms with E-state index in [2.05, 4.69) is 15.6 Å². The van der Waals surface area contributed by atoms with Crippen molar-refractivity contribution in [2.45, 2.75) is 20.8 Å². The van der Waals surface area contributed by atoms with Crippen molar-refractivity contribution in [2.24, 2.45) is 0 Å². The van der Waals surface area contributed by atoms with Crippen molar-refractivity contribution >= 4 is 28.8 Å². The van der Waals surface area contributed by atoms with E-state index < -0.39 is 0 Å². The number of rotatable bonds is 2. The molecule has 0 saturated carbocycles. The van der Waals surface area contributed by atoms with Crippen molar-refractivity contribution in [3.63, 3.8) is 0 Å². The number of aryl methyl sites for hydroxylation is 3. The van der Waals surface area contributed by atoms with Gasteiger partial charge >= 0.3 is 0 Å². The molecule has 0 amide bonds. The summed E-state index contributed by atoms with van der Waals surface area (Å²) in [7, 11) is 0. The summed E-state index contributed by atoms with van der Waals surface area (Å²) >= 11 is 5.29. The molecule has 3 nitrogen and oxygen atoms in total. The number of hydrogen-bond donors (Lipinski definition) is 2. The van der Waals surface area contributed by atoms with E-state index in [1.165, 1.54) is 5.56 Å². The van der Waals surface area contributed by atoms with Gasteiger partial charge in [0, 0.05) is 11.4 Å². The van der Waals surface area contributed by atoms with Crippen molar-refractivity contribution in [1.82, 2.24) is 4.98 Å². The van der Waals surface area contributed by atoms with Crippen LogP contribution in [0.25, 0.3) is 0 Å². The summed E-state index contributed by atoms with van der Waals surface area (Å²) in [5.41, 5.74) is 4.30. The van der Waals surface area contributed by atoms with Crippen LogP contribution >= 0.6 is 12.2 Å². The van der Waals surface area contributed by atoms with Crippen molar-refractivity contribution in [2.75, 3.05) is 10.6 Å². The topological polar surface area (TPSA) is 37.0 Å². The number of benzene rings is 1. The van der Waals surface area contributed by atoms with Gasteiger partial charge in [-0.05, 0) is 68.4 Å². The molecule has 2 rings (SSSR count). The highest BCUT2D eigenvalue weighted by Gasteiger charge is 2.01. The molecule has 0 bridgehead atoms. The molecule has 1 aromatic carbocycles. The van der Waals surface area contributed by atoms with Crippen molar-refractivity contribution < 1.29 is 0 Å². The second-order valence-corrected chi connectivity index (χ2v) is 5.03. The summed E-state index contributed by atoms with van der Waals surface area (Å²) in [4.78, 5) is 4.39. The minimum atomic E-state index is 0.545. The Balaban J connectivity index is 2.05. The highest BCUT2D eigenvalue weighted by molar-refractivity contribution is 7.80. The first-order chi connectivity index (χ1) is 9.02. The van der Waals surface area contributed by atoms with Gasteiger partial charge in [0.15, 0.2) is 5.11 Å². The van der Waals surface area contributed by atoms with Crippen LogP contribution < -0.4 is 10.6 Å². The highest BCUT2D eigenvalue weighted by Crippen LogP contribution is 2.12. The van der Waals surface area contributed by atoms with Crippen LogP contribution in [0.2, 0.25) is 0 Å². The van der Waals surface area contributed by atoms with E-state index in [0.717, 1.165) is 22.8 Å². The van der Waals surface area contributed by atoms with Crippen LogP contribution in [0, 0.1) is 20.8 Å². The number of hydrogen-bond acceptors (Lipinski definition) is 2. The standard InChI is InChI=1S/C15H17N3S/c1-10-5-4-6-13(8-10)17-15(19)18-14-9-11(2)7-12(3)16-14/h4-9H,1-3H3,(H2,16,17,18,19). The van der Waals surface area contributed by atoms with Gasteiger partial charge in [-0.15, -0.1) is 0 Å². The molecule has 2 aromatic rings. The van der Waals surface area contributed by atoms with Crippen molar-refractivity contribution in [3.05, 3.63) is 53.2 Å². The van der Waals surface area contributed by atoms with E-state index in [-0.39, 0.29) is 0 Å². The molecule has 1 heterocycles. The molecule has 0 aliphatic carbocycles. The molecule has 19 heavy (non-hydrogen) atoms. The van der Waals surface area contributed by atoms with Crippen molar-refractivity contribution in [3.8, 4) is 0 Å². The number of nitrogens with zero attached hydrogens (tertiary/aromatic N) is 1. The fourth-order valence-corrected chi connectivity index (χ4v) is 2.13. The Morgan fingerprint density at radius 1 is 1.00 bits per heavy atom. The van der Waals surface area contributed by atoms with Gasteiger partial charge in [0.2, 0.25) is 0 Å². The third kappa shape index (κ3) is 4.03. The van der Waals surface area contributed by atoms with Gasteiger partial charge in [-0.3, -0.25) is 0 Å². The van der Waals surface area contributed by atoms with Gasteiger partial charge in [-0.25, -0.2) is 4.98 Å². The summed E-state index contributed by atoms with van der Waals surface area (Å²) < 4.78 is 0. The summed E-state index contributed by atoms with van der Waals surface area (Å²) in [5, 5.41) is 6.80. The smallest absolute Gasteiger partial charge is 0.176 e. The molecule has 0 spiro atoms. The Bertz CT molecular complexity index is 588. The molecule has 2 N–H and O–H groups in total. The van der Waals surface area contributed by atoms with Crippen LogP contribution in [0.3, 0.4) is 0 Å². The monoisotopic (exact) mass is 271 g/mol. The maximum Gasteiger partial charge on any atom is 0.176 e. The number of aromatic nitrogens is 1. The fraction of sp³-hybridized carbons (Fsp3) is 0.200. The lowest BCUT2D eigenvalue weighted by atomic mass is 10.2. The first kappa shape index (κ1) is 13.5. The van der Waals surface area contributed by atoms with Crippen LogP contribution in [0.1, 0.15) is 16.8 Å². The average molecular weight is 271 g/mol. The molecule has 0 atom stereocenters. The second kappa shape index (κ2) is 5.80. The van der Waals surface area contributed by atoms with Gasteiger partial charge in [0.05, 0.1) is 0 Å². The minimum Gasteiger partial charge on any atom is -0.332 e. The van der Waals surface area contributed by atoms with Crippen LogP contribution in [0.5, 0.6) is 0 Å². The van der Waals surface area contributed by atoms with E-state index in [4.69, 9.17) is 12.2 Å². The maximum atomic E-state index is 5.29. The Morgan fingerprint density at radius 3 is 2.47 bits per heavy atom. The summed E-state index contributed by atoms with van der Waals surface area (Å²) in [6.07, 6.45) is 0. The largest absolute Gasteiger partial charge is 0.332 e. The van der Waals surface area contributed by atoms with Gasteiger partial charge in [0.25, 0.3) is 0 Å². The number of anilines is 2. The maximum absolute atomic E-state index is 5.29. The molecule has 1 aromatic heterocycles. The molecule has 0 saturated heterocycles. The van der Waals surface area contributed by atoms with Crippen LogP contribution in [-0.4, -0.2) is 10.1 Å². The number of pyridine rings is 1. The predicted octanol–water partition coefficient (Wildman–Crippen LogP) is 3.82. The van der Waals surface area contributed by atoms with Gasteiger partial charge in [-0.1, -0.05) is 12.1 Å². The lowest BCUT2D eigenvalue weighted by Crippen LogP contribution is -2.20. The third-order valence-electron chi connectivity index (χ3n) is 2.62. The Morgan fingerprint density at radius 2 is 1.79 bits per heavy atom. The zero-order valence-electron chi connectivity index (χ0n) is 11.3. The number of thiocarbonyl (C=S) groups is 1. The van der Waals surface area contributed by atoms with E-state index in [9.17, 15) is 0 Å². The normalized spacial score (nSPS) is 10.1. The van der Waals surface area contributed by atoms with Gasteiger partial charge in [0.1, 0.15) is 5.82 Å². The van der Waals surface area contributed by atoms with Crippen LogP contribution in [0.15, 0.2) is 36.4 Å². The Hall–Kier alpha value is -1.94. The Kier molecular flexibility index (Phi) is 4.12. The SMILES string of the molecule is Cc1cccc(NC(=S)Nc2cc(C)cc(C)n2)c1. The van der Waals surface area contributed by atoms with E-state index >= 15 is 0 Å². The van der Waals surface area contributed by atoms with Crippen molar-refractivity contribution in [1.29, 1.82) is 0 Å². The molecule has 4 heteroatoms. The quantitative estimate of drug-likeness (QED) is 0.814. The average Bonchev–Trinajstić information content (AvgIpc) is 2.26. The lowest BCUT2D eigenvalue weighted by molar-refractivity contribution is 1.18. The summed E-state index contributed by atoms with van der Waals surface area (Å²) in [6, 6.07) is 12.1. The molecule has 0 aliphatic heterocycles. The minimum absolute atomic E-state index is 0.545. The van der Waals surface area contributed by atoms with Crippen LogP contribution in [0.4, 0.5) is 11.5 Å². The molecule has 0 radical (unpaired) electrons. The van der Waals surface area contributed by atoms with E-state index in [1.807, 2.05) is 57.2 Å². The number of nitrogens with one attached hydrogen (secondary N) is 2. The zero-order valence-corrected chi connectivity index (χ0v) is 12.1. The van der Waals surface area contributed by atoms with E-state index in [0.29, 0.717) is 5.11 Å². The van der Waals surface area contributed by atoms with Crippen LogP contribution in [-0.2, 0) is 0 Å². The second-order valence-electron chi connectivity index (χ2n) is 4.62. The molecular formula is C15H17N3S. The third-order valence-corrected chi connectivity index (χ3v) is 2.82. The van der Waals surface area contributed by atoms with Gasteiger partial charge in [-0.2, -0.15) is 0 Å². The molecule has 0 unspecified atom stereocenters. The first-order valence-corrected chi connectivity index (χ1v) is 6.54. The molecule has 0 fully saturated rings. The molecule has 0 aliphatic rings. The summed E-state index contributed by atoms with van der Waals surface area (Å²) in [6.45, 7) is 6.05. The lowest BCUT2D eigenvalue weighted by Gasteiger charge is -2.11. The molecular weight excluding hydrogens is 254 g/mol. The van der Waals surface area contributed by atoms with E-state index in [1.54, 1.807) is 0 Å². The fourth-order valence-electron chi connectivity index (χ4n) is 1.91. The Labute approximate surface area is 119 Å². The first-order valence-electron chi connectivity index (χ1n) is 6.13. The molecule has 98 valence electrons. The highest BCUT2D eigenvalue weighted by atomic mass is 32.1. The summed E-state index contributed by atoms with van der Waals surface area (Å²) in [5.74, 6) is 0.766. The predicted molar refractivity (Wildman–Crippen MR) is 84.7 cm³/mol. The zero-order chi connectivity index (χ0) is 13.8. The van der Waals surface area contributed by atoms with Gasteiger partial charge < -0.3 is 10.6 Å².